The minimum Gasteiger partial charge on any atom is -0.347 e. The molecule has 0 fully saturated rings. The summed E-state index contributed by atoms with van der Waals surface area (Å²) in [6.45, 7) is 7.05. The van der Waals surface area contributed by atoms with Crippen molar-refractivity contribution in [3.05, 3.63) is 18.2 Å². The van der Waals surface area contributed by atoms with Crippen LogP contribution in [-0.2, 0) is 0 Å². The van der Waals surface area contributed by atoms with Crippen molar-refractivity contribution < 1.29 is 0 Å². The van der Waals surface area contributed by atoms with Crippen molar-refractivity contribution >= 4 is 36.6 Å². The zero-order chi connectivity index (χ0) is 13.8. The molecule has 0 aliphatic rings. The summed E-state index contributed by atoms with van der Waals surface area (Å²) in [6, 6.07) is 5.73. The Kier molecular flexibility index (Phi) is 10.0. The van der Waals surface area contributed by atoms with Crippen LogP contribution in [0.1, 0.15) is 20.8 Å². The smallest absolute Gasteiger partial charge is 0.0868 e. The first-order chi connectivity index (χ1) is 8.77. The monoisotopic (exact) mass is 266 g/mol. The maximum Gasteiger partial charge on any atom is 0.0868 e. The molecule has 0 saturated carbocycles. The Labute approximate surface area is 115 Å². The number of benzene rings is 1. The van der Waals surface area contributed by atoms with Gasteiger partial charge in [-0.05, 0) is 25.1 Å². The lowest BCUT2D eigenvalue weighted by Gasteiger charge is -2.03. The SMILES string of the molecule is CC.CC=Nc1cc(NC=NCCN)ccc1S. The molecule has 0 spiro atoms. The predicted octanol–water partition coefficient (Wildman–Crippen LogP) is 3.12. The van der Waals surface area contributed by atoms with E-state index in [4.69, 9.17) is 5.73 Å². The van der Waals surface area contributed by atoms with Gasteiger partial charge in [0.15, 0.2) is 0 Å². The summed E-state index contributed by atoms with van der Waals surface area (Å²) in [5.41, 5.74) is 7.09. The van der Waals surface area contributed by atoms with Crippen LogP contribution in [0.4, 0.5) is 11.4 Å². The topological polar surface area (TPSA) is 62.8 Å². The number of hydrogen-bond acceptors (Lipinski definition) is 4. The number of aliphatic imine (C=N–C) groups is 2. The molecule has 18 heavy (non-hydrogen) atoms. The molecule has 0 saturated heterocycles. The normalized spacial score (nSPS) is 10.5. The van der Waals surface area contributed by atoms with E-state index in [2.05, 4.69) is 27.9 Å². The van der Waals surface area contributed by atoms with E-state index in [1.54, 1.807) is 12.6 Å². The molecule has 1 rings (SSSR count). The van der Waals surface area contributed by atoms with Crippen molar-refractivity contribution in [3.63, 3.8) is 0 Å². The van der Waals surface area contributed by atoms with Gasteiger partial charge in [0, 0.05) is 23.3 Å². The van der Waals surface area contributed by atoms with Gasteiger partial charge in [-0.2, -0.15) is 0 Å². The van der Waals surface area contributed by atoms with Crippen LogP contribution in [0, 0.1) is 0 Å². The Bertz CT molecular complexity index is 389. The van der Waals surface area contributed by atoms with Gasteiger partial charge >= 0.3 is 0 Å². The highest BCUT2D eigenvalue weighted by Gasteiger charge is 1.97. The molecule has 1 aromatic rings. The van der Waals surface area contributed by atoms with E-state index in [1.165, 1.54) is 0 Å². The van der Waals surface area contributed by atoms with Crippen LogP contribution < -0.4 is 11.1 Å². The zero-order valence-corrected chi connectivity index (χ0v) is 12.1. The second-order valence-electron chi connectivity index (χ2n) is 3.06. The maximum atomic E-state index is 5.32. The molecule has 4 nitrogen and oxygen atoms in total. The lowest BCUT2D eigenvalue weighted by atomic mass is 10.3. The molecular formula is C13H22N4S. The van der Waals surface area contributed by atoms with Crippen molar-refractivity contribution in [1.82, 2.24) is 0 Å². The molecular weight excluding hydrogens is 244 g/mol. The van der Waals surface area contributed by atoms with Crippen molar-refractivity contribution in [2.45, 2.75) is 25.7 Å². The summed E-state index contributed by atoms with van der Waals surface area (Å²) in [4.78, 5) is 9.12. The molecule has 0 atom stereocenters. The minimum atomic E-state index is 0.555. The van der Waals surface area contributed by atoms with Crippen LogP contribution in [0.15, 0.2) is 33.1 Å². The minimum absolute atomic E-state index is 0.555. The Balaban J connectivity index is 0.00000137. The molecule has 5 heteroatoms. The van der Waals surface area contributed by atoms with Gasteiger partial charge in [-0.1, -0.05) is 13.8 Å². The molecule has 0 unspecified atom stereocenters. The molecule has 0 aromatic heterocycles. The van der Waals surface area contributed by atoms with Gasteiger partial charge in [0.2, 0.25) is 0 Å². The largest absolute Gasteiger partial charge is 0.347 e. The van der Waals surface area contributed by atoms with Crippen molar-refractivity contribution in [1.29, 1.82) is 0 Å². The highest BCUT2D eigenvalue weighted by Crippen LogP contribution is 2.26. The van der Waals surface area contributed by atoms with E-state index in [0.717, 1.165) is 16.3 Å². The maximum absolute atomic E-state index is 5.32. The molecule has 0 heterocycles. The van der Waals surface area contributed by atoms with Gasteiger partial charge in [-0.15, -0.1) is 12.6 Å². The lowest BCUT2D eigenvalue weighted by molar-refractivity contribution is 0.980. The second kappa shape index (κ2) is 10.8. The van der Waals surface area contributed by atoms with Gasteiger partial charge in [0.25, 0.3) is 0 Å². The third-order valence-corrected chi connectivity index (χ3v) is 2.20. The van der Waals surface area contributed by atoms with E-state index in [9.17, 15) is 0 Å². The van der Waals surface area contributed by atoms with Crippen molar-refractivity contribution in [2.24, 2.45) is 15.7 Å². The van der Waals surface area contributed by atoms with Gasteiger partial charge in [-0.25, -0.2) is 0 Å². The number of rotatable bonds is 5. The lowest BCUT2D eigenvalue weighted by Crippen LogP contribution is -2.04. The fourth-order valence-corrected chi connectivity index (χ4v) is 1.31. The highest BCUT2D eigenvalue weighted by molar-refractivity contribution is 7.80. The zero-order valence-electron chi connectivity index (χ0n) is 11.2. The molecule has 0 amide bonds. The van der Waals surface area contributed by atoms with E-state index >= 15 is 0 Å². The third-order valence-electron chi connectivity index (χ3n) is 1.82. The van der Waals surface area contributed by atoms with Crippen LogP contribution in [0.5, 0.6) is 0 Å². The Morgan fingerprint density at radius 2 is 2.11 bits per heavy atom. The fourth-order valence-electron chi connectivity index (χ4n) is 1.11. The summed E-state index contributed by atoms with van der Waals surface area (Å²) in [7, 11) is 0. The predicted molar refractivity (Wildman–Crippen MR) is 84.9 cm³/mol. The molecule has 100 valence electrons. The van der Waals surface area contributed by atoms with Gasteiger partial charge in [0.05, 0.1) is 18.6 Å². The molecule has 0 bridgehead atoms. The quantitative estimate of drug-likeness (QED) is 0.435. The molecule has 0 aliphatic carbocycles. The molecule has 3 N–H and O–H groups in total. The standard InChI is InChI=1S/C11H16N4S.C2H6/c1-2-14-10-7-9(3-4-11(10)16)15-8-13-6-5-12;1-2/h2-4,7-8,16H,5-6,12H2,1H3,(H,13,15);1-2H3. The van der Waals surface area contributed by atoms with Crippen LogP contribution in [0.3, 0.4) is 0 Å². The first kappa shape index (κ1) is 16.7. The van der Waals surface area contributed by atoms with Crippen LogP contribution >= 0.6 is 12.6 Å². The number of anilines is 1. The second-order valence-corrected chi connectivity index (χ2v) is 3.54. The number of nitrogens with zero attached hydrogens (tertiary/aromatic N) is 2. The van der Waals surface area contributed by atoms with Crippen LogP contribution in [-0.4, -0.2) is 25.6 Å². The summed E-state index contributed by atoms with van der Waals surface area (Å²) in [5.74, 6) is 0. The molecule has 0 radical (unpaired) electrons. The van der Waals surface area contributed by atoms with E-state index in [0.29, 0.717) is 13.1 Å². The molecule has 0 aliphatic heterocycles. The Morgan fingerprint density at radius 3 is 2.72 bits per heavy atom. The summed E-state index contributed by atoms with van der Waals surface area (Å²) in [5, 5.41) is 3.05. The van der Waals surface area contributed by atoms with Gasteiger partial charge in [-0.3, -0.25) is 9.98 Å². The number of thiol groups is 1. The summed E-state index contributed by atoms with van der Waals surface area (Å²) >= 11 is 4.31. The summed E-state index contributed by atoms with van der Waals surface area (Å²) in [6.07, 6.45) is 3.38. The van der Waals surface area contributed by atoms with E-state index < -0.39 is 0 Å². The third kappa shape index (κ3) is 6.42. The average Bonchev–Trinajstić information content (AvgIpc) is 2.41. The Hall–Kier alpha value is -1.33. The fraction of sp³-hybridized carbons (Fsp3) is 0.385. The van der Waals surface area contributed by atoms with Crippen LogP contribution in [0.2, 0.25) is 0 Å². The number of hydrogen-bond donors (Lipinski definition) is 3. The number of nitrogens with two attached hydrogens (primary N) is 1. The van der Waals surface area contributed by atoms with E-state index in [-0.39, 0.29) is 0 Å². The van der Waals surface area contributed by atoms with Crippen LogP contribution in [0.25, 0.3) is 0 Å². The average molecular weight is 266 g/mol. The summed E-state index contributed by atoms with van der Waals surface area (Å²) < 4.78 is 0. The first-order valence-corrected chi connectivity index (χ1v) is 6.49. The van der Waals surface area contributed by atoms with Crippen molar-refractivity contribution in [2.75, 3.05) is 18.4 Å². The molecule has 1 aromatic carbocycles. The van der Waals surface area contributed by atoms with E-state index in [1.807, 2.05) is 39.0 Å². The Morgan fingerprint density at radius 1 is 1.39 bits per heavy atom. The van der Waals surface area contributed by atoms with Gasteiger partial charge in [0.1, 0.15) is 0 Å². The highest BCUT2D eigenvalue weighted by atomic mass is 32.1. The van der Waals surface area contributed by atoms with Gasteiger partial charge < -0.3 is 11.1 Å². The first-order valence-electron chi connectivity index (χ1n) is 6.04. The number of nitrogens with one attached hydrogen (secondary N) is 1. The van der Waals surface area contributed by atoms with Crippen molar-refractivity contribution in [3.8, 4) is 0 Å².